The average Bonchev–Trinajstić information content (AvgIpc) is 3.37. The van der Waals surface area contributed by atoms with Crippen molar-refractivity contribution in [1.29, 1.82) is 0 Å². The highest BCUT2D eigenvalue weighted by Gasteiger charge is 2.41. The van der Waals surface area contributed by atoms with Crippen LogP contribution in [0, 0.1) is 0 Å². The molecule has 0 heterocycles. The molecule has 1 aliphatic carbocycles. The lowest BCUT2D eigenvalue weighted by molar-refractivity contribution is 0.302. The molecule has 116 valence electrons. The lowest BCUT2D eigenvalue weighted by atomic mass is 10.1. The second-order valence-electron chi connectivity index (χ2n) is 5.91. The van der Waals surface area contributed by atoms with Gasteiger partial charge in [-0.2, -0.15) is 0 Å². The Morgan fingerprint density at radius 2 is 1.82 bits per heavy atom. The summed E-state index contributed by atoms with van der Waals surface area (Å²) >= 11 is 0. The molecule has 0 bridgehead atoms. The Morgan fingerprint density at radius 1 is 1.05 bits per heavy atom. The summed E-state index contributed by atoms with van der Waals surface area (Å²) in [5.74, 6) is 2.38. The third kappa shape index (κ3) is 3.09. The van der Waals surface area contributed by atoms with Crippen molar-refractivity contribution in [3.8, 4) is 11.5 Å². The monoisotopic (exact) mass is 297 g/mol. The fourth-order valence-corrected chi connectivity index (χ4v) is 3.10. The van der Waals surface area contributed by atoms with E-state index in [4.69, 9.17) is 9.47 Å². The minimum absolute atomic E-state index is 0.620. The van der Waals surface area contributed by atoms with Crippen LogP contribution in [0.1, 0.15) is 23.5 Å². The first-order valence-corrected chi connectivity index (χ1v) is 7.69. The second-order valence-corrected chi connectivity index (χ2v) is 5.91. The van der Waals surface area contributed by atoms with Gasteiger partial charge in [0.25, 0.3) is 0 Å². The highest BCUT2D eigenvalue weighted by molar-refractivity contribution is 5.41. The van der Waals surface area contributed by atoms with Crippen LogP contribution in [0.15, 0.2) is 48.5 Å². The normalized spacial score (nSPS) is 20.0. The number of ether oxygens (including phenoxy) is 2. The topological polar surface area (TPSA) is 21.7 Å². The molecule has 0 N–H and O–H groups in total. The molecule has 3 nitrogen and oxygen atoms in total. The molecular weight excluding hydrogens is 274 g/mol. The van der Waals surface area contributed by atoms with E-state index in [-0.39, 0.29) is 0 Å². The predicted molar refractivity (Wildman–Crippen MR) is 88.6 cm³/mol. The predicted octanol–water partition coefficient (Wildman–Crippen LogP) is 3.69. The summed E-state index contributed by atoms with van der Waals surface area (Å²) in [5.41, 5.74) is 2.64. The fourth-order valence-electron chi connectivity index (χ4n) is 3.10. The number of hydrogen-bond acceptors (Lipinski definition) is 3. The zero-order valence-electron chi connectivity index (χ0n) is 13.5. The largest absolute Gasteiger partial charge is 0.497 e. The summed E-state index contributed by atoms with van der Waals surface area (Å²) in [5, 5.41) is 0. The molecule has 3 heteroatoms. The van der Waals surface area contributed by atoms with Gasteiger partial charge >= 0.3 is 0 Å². The Bertz CT molecular complexity index is 627. The van der Waals surface area contributed by atoms with Gasteiger partial charge in [-0.1, -0.05) is 36.4 Å². The van der Waals surface area contributed by atoms with Crippen LogP contribution >= 0.6 is 0 Å². The number of rotatable bonds is 6. The first-order valence-electron chi connectivity index (χ1n) is 7.69. The molecule has 0 unspecified atom stereocenters. The van der Waals surface area contributed by atoms with E-state index >= 15 is 0 Å². The maximum atomic E-state index is 5.49. The van der Waals surface area contributed by atoms with Gasteiger partial charge in [-0.3, -0.25) is 4.90 Å². The smallest absolute Gasteiger partial charge is 0.127 e. The van der Waals surface area contributed by atoms with E-state index in [1.807, 2.05) is 12.1 Å². The van der Waals surface area contributed by atoms with Crippen molar-refractivity contribution in [2.75, 3.05) is 21.3 Å². The van der Waals surface area contributed by atoms with E-state index < -0.39 is 0 Å². The van der Waals surface area contributed by atoms with Crippen LogP contribution in [-0.4, -0.2) is 32.2 Å². The maximum absolute atomic E-state index is 5.49. The van der Waals surface area contributed by atoms with Gasteiger partial charge in [-0.05, 0) is 25.1 Å². The molecule has 2 aromatic carbocycles. The highest BCUT2D eigenvalue weighted by Crippen LogP contribution is 2.44. The number of nitrogens with zero attached hydrogens (tertiary/aromatic N) is 1. The lowest BCUT2D eigenvalue weighted by Gasteiger charge is -2.19. The Balaban J connectivity index is 1.67. The van der Waals surface area contributed by atoms with Gasteiger partial charge in [-0.15, -0.1) is 0 Å². The number of benzene rings is 2. The third-order valence-corrected chi connectivity index (χ3v) is 4.46. The molecule has 2 aromatic rings. The van der Waals surface area contributed by atoms with E-state index in [0.717, 1.165) is 18.0 Å². The molecule has 0 aliphatic heterocycles. The number of likely N-dealkylation sites (N-methyl/N-ethyl adjacent to an activating group) is 1. The van der Waals surface area contributed by atoms with Gasteiger partial charge in [-0.25, -0.2) is 0 Å². The van der Waals surface area contributed by atoms with Crippen molar-refractivity contribution >= 4 is 0 Å². The molecule has 1 aliphatic rings. The Labute approximate surface area is 132 Å². The molecule has 0 spiro atoms. The zero-order valence-corrected chi connectivity index (χ0v) is 13.5. The third-order valence-electron chi connectivity index (χ3n) is 4.46. The molecule has 0 saturated heterocycles. The van der Waals surface area contributed by atoms with Crippen LogP contribution < -0.4 is 9.47 Å². The second kappa shape index (κ2) is 6.41. The summed E-state index contributed by atoms with van der Waals surface area (Å²) in [6.45, 7) is 0.890. The van der Waals surface area contributed by atoms with E-state index in [1.165, 1.54) is 17.5 Å². The molecule has 1 saturated carbocycles. The van der Waals surface area contributed by atoms with Gasteiger partial charge < -0.3 is 9.47 Å². The van der Waals surface area contributed by atoms with Gasteiger partial charge in [0, 0.05) is 30.1 Å². The van der Waals surface area contributed by atoms with E-state index in [9.17, 15) is 0 Å². The molecule has 22 heavy (non-hydrogen) atoms. The van der Waals surface area contributed by atoms with Crippen LogP contribution in [0.25, 0.3) is 0 Å². The van der Waals surface area contributed by atoms with Crippen LogP contribution in [0.5, 0.6) is 11.5 Å². The first-order chi connectivity index (χ1) is 10.7. The van der Waals surface area contributed by atoms with Gasteiger partial charge in [0.1, 0.15) is 11.5 Å². The van der Waals surface area contributed by atoms with E-state index in [1.54, 1.807) is 14.2 Å². The SMILES string of the molecule is COc1ccc(CN(C)[C@H]2C[C@H]2c2ccccc2)c(OC)c1. The van der Waals surface area contributed by atoms with Gasteiger partial charge in [0.05, 0.1) is 14.2 Å². The summed E-state index contributed by atoms with van der Waals surface area (Å²) < 4.78 is 10.8. The van der Waals surface area contributed by atoms with Crippen molar-refractivity contribution in [1.82, 2.24) is 4.90 Å². The Kier molecular flexibility index (Phi) is 4.34. The maximum Gasteiger partial charge on any atom is 0.127 e. The quantitative estimate of drug-likeness (QED) is 0.811. The number of methoxy groups -OCH3 is 2. The summed E-state index contributed by atoms with van der Waals surface area (Å²) in [6, 6.07) is 17.4. The summed E-state index contributed by atoms with van der Waals surface area (Å²) in [4.78, 5) is 2.42. The van der Waals surface area contributed by atoms with Crippen molar-refractivity contribution in [3.63, 3.8) is 0 Å². The van der Waals surface area contributed by atoms with Crippen LogP contribution in [0.4, 0.5) is 0 Å². The van der Waals surface area contributed by atoms with Crippen molar-refractivity contribution < 1.29 is 9.47 Å². The Hall–Kier alpha value is -2.00. The average molecular weight is 297 g/mol. The van der Waals surface area contributed by atoms with Gasteiger partial charge in [0.15, 0.2) is 0 Å². The van der Waals surface area contributed by atoms with Crippen molar-refractivity contribution in [2.24, 2.45) is 0 Å². The van der Waals surface area contributed by atoms with Crippen molar-refractivity contribution in [3.05, 3.63) is 59.7 Å². The molecular formula is C19H23NO2. The minimum atomic E-state index is 0.620. The van der Waals surface area contributed by atoms with Gasteiger partial charge in [0.2, 0.25) is 0 Å². The molecule has 1 fully saturated rings. The molecule has 0 radical (unpaired) electrons. The Morgan fingerprint density at radius 3 is 2.50 bits per heavy atom. The van der Waals surface area contributed by atoms with Crippen LogP contribution in [0.2, 0.25) is 0 Å². The minimum Gasteiger partial charge on any atom is -0.497 e. The summed E-state index contributed by atoms with van der Waals surface area (Å²) in [7, 11) is 5.58. The number of hydrogen-bond donors (Lipinski definition) is 0. The summed E-state index contributed by atoms with van der Waals surface area (Å²) in [6.07, 6.45) is 1.24. The van der Waals surface area contributed by atoms with Crippen LogP contribution in [-0.2, 0) is 6.54 Å². The molecule has 3 rings (SSSR count). The highest BCUT2D eigenvalue weighted by atomic mass is 16.5. The zero-order chi connectivity index (χ0) is 15.5. The van der Waals surface area contributed by atoms with Crippen LogP contribution in [0.3, 0.4) is 0 Å². The first kappa shape index (κ1) is 14.9. The molecule has 0 aromatic heterocycles. The molecule has 0 amide bonds. The van der Waals surface area contributed by atoms with E-state index in [0.29, 0.717) is 12.0 Å². The van der Waals surface area contributed by atoms with E-state index in [2.05, 4.69) is 48.3 Å². The van der Waals surface area contributed by atoms with Crippen molar-refractivity contribution in [2.45, 2.75) is 24.9 Å². The standard InChI is InChI=1S/C19H23NO2/c1-20(18-12-17(18)14-7-5-4-6-8-14)13-15-9-10-16(21-2)11-19(15)22-3/h4-11,17-18H,12-13H2,1-3H3/t17-,18-/m0/s1. The fraction of sp³-hybridized carbons (Fsp3) is 0.368. The lowest BCUT2D eigenvalue weighted by Crippen LogP contribution is -2.21. The molecule has 2 atom stereocenters.